The lowest BCUT2D eigenvalue weighted by atomic mass is 9.97. The van der Waals surface area contributed by atoms with Gasteiger partial charge in [0.25, 0.3) is 0 Å². The monoisotopic (exact) mass is 482 g/mol. The Hall–Kier alpha value is -3.63. The van der Waals surface area contributed by atoms with Gasteiger partial charge in [-0.2, -0.15) is 0 Å². The zero-order valence-corrected chi connectivity index (χ0v) is 19.8. The molecule has 4 unspecified atom stereocenters. The Morgan fingerprint density at radius 1 is 0.943 bits per heavy atom. The number of nitrogens with two attached hydrogens (primary N) is 2. The van der Waals surface area contributed by atoms with E-state index in [0.29, 0.717) is 25.8 Å². The zero-order valence-electron chi connectivity index (χ0n) is 19.8. The number of hydrogen-bond acceptors (Lipinski definition) is 6. The molecule has 0 aliphatic carbocycles. The molecule has 0 aromatic heterocycles. The smallest absolute Gasteiger partial charge is 0.243 e. The van der Waals surface area contributed by atoms with Gasteiger partial charge in [0.1, 0.15) is 17.5 Å². The van der Waals surface area contributed by atoms with Gasteiger partial charge >= 0.3 is 0 Å². The molecule has 35 heavy (non-hydrogen) atoms. The van der Waals surface area contributed by atoms with Gasteiger partial charge < -0.3 is 32.3 Å². The summed E-state index contributed by atoms with van der Waals surface area (Å²) in [4.78, 5) is 30.5. The van der Waals surface area contributed by atoms with Gasteiger partial charge in [-0.1, -0.05) is 42.5 Å². The second kappa shape index (κ2) is 11.7. The fourth-order valence-corrected chi connectivity index (χ4v) is 4.13. The molecule has 2 aromatic rings. The molecular formula is C25H34N6O4. The van der Waals surface area contributed by atoms with E-state index >= 15 is 0 Å². The first kappa shape index (κ1) is 26.0. The van der Waals surface area contributed by atoms with E-state index in [1.54, 1.807) is 12.1 Å². The largest absolute Gasteiger partial charge is 0.508 e. The molecule has 10 heteroatoms. The molecule has 0 radical (unpaired) electrons. The summed E-state index contributed by atoms with van der Waals surface area (Å²) in [7, 11) is 0. The summed E-state index contributed by atoms with van der Waals surface area (Å²) < 4.78 is 0. The van der Waals surface area contributed by atoms with Crippen LogP contribution in [0.4, 0.5) is 0 Å². The van der Waals surface area contributed by atoms with Crippen LogP contribution in [0.1, 0.15) is 30.9 Å². The Kier molecular flexibility index (Phi) is 8.67. The summed E-state index contributed by atoms with van der Waals surface area (Å²) in [5, 5.41) is 29.7. The maximum Gasteiger partial charge on any atom is 0.243 e. The maximum atomic E-state index is 13.3. The summed E-state index contributed by atoms with van der Waals surface area (Å²) in [5.74, 6) is -0.705. The number of hydrogen-bond donors (Lipinski definition) is 7. The van der Waals surface area contributed by atoms with Crippen LogP contribution >= 0.6 is 0 Å². The highest BCUT2D eigenvalue weighted by Crippen LogP contribution is 2.19. The van der Waals surface area contributed by atoms with Crippen molar-refractivity contribution in [2.45, 2.75) is 56.5 Å². The summed E-state index contributed by atoms with van der Waals surface area (Å²) in [6.45, 7) is 1.87. The molecule has 1 aliphatic rings. The fourth-order valence-electron chi connectivity index (χ4n) is 4.13. The van der Waals surface area contributed by atoms with Crippen molar-refractivity contribution in [1.82, 2.24) is 16.0 Å². The minimum Gasteiger partial charge on any atom is -0.508 e. The number of phenolic OH excluding ortho intramolecular Hbond substituents is 1. The number of nitrogens with zero attached hydrogens (tertiary/aromatic N) is 1. The van der Waals surface area contributed by atoms with Crippen LogP contribution in [0, 0.1) is 0 Å². The van der Waals surface area contributed by atoms with Gasteiger partial charge in [0.05, 0.1) is 12.1 Å². The van der Waals surface area contributed by atoms with Gasteiger partial charge in [-0.3, -0.25) is 19.9 Å². The van der Waals surface area contributed by atoms with Crippen molar-refractivity contribution in [3.05, 3.63) is 65.7 Å². The van der Waals surface area contributed by atoms with Crippen LogP contribution < -0.4 is 27.4 Å². The predicted octanol–water partition coefficient (Wildman–Crippen LogP) is -0.119. The number of aliphatic imine (C=N–C) groups is 1. The van der Waals surface area contributed by atoms with Crippen LogP contribution in [-0.4, -0.2) is 58.4 Å². The van der Waals surface area contributed by atoms with Crippen LogP contribution in [0.3, 0.4) is 0 Å². The second-order valence-electron chi connectivity index (χ2n) is 8.98. The van der Waals surface area contributed by atoms with Gasteiger partial charge in [-0.25, -0.2) is 0 Å². The van der Waals surface area contributed by atoms with Crippen molar-refractivity contribution in [2.75, 3.05) is 6.54 Å². The van der Waals surface area contributed by atoms with Gasteiger partial charge in [0.2, 0.25) is 11.8 Å². The number of aromatic hydroxyl groups is 1. The Balaban J connectivity index is 1.87. The normalized spacial score (nSPS) is 24.9. The molecule has 1 fully saturated rings. The lowest BCUT2D eigenvalue weighted by molar-refractivity contribution is -0.129. The summed E-state index contributed by atoms with van der Waals surface area (Å²) in [5.41, 5.74) is 10.9. The van der Waals surface area contributed by atoms with Gasteiger partial charge in [-0.05, 0) is 49.4 Å². The molecular weight excluding hydrogens is 448 g/mol. The molecule has 0 spiro atoms. The number of amides is 2. The number of aliphatic hydroxyl groups is 1. The molecule has 4 atom stereocenters. The summed E-state index contributed by atoms with van der Waals surface area (Å²) >= 11 is 0. The summed E-state index contributed by atoms with van der Waals surface area (Å²) in [6, 6.07) is 13.5. The number of benzene rings is 2. The number of rotatable bonds is 8. The third kappa shape index (κ3) is 7.69. The number of nitrogens with one attached hydrogen (secondary N) is 3. The van der Waals surface area contributed by atoms with Crippen LogP contribution in [-0.2, 0) is 22.4 Å². The van der Waals surface area contributed by atoms with Gasteiger partial charge in [-0.15, -0.1) is 0 Å². The van der Waals surface area contributed by atoms with Crippen molar-refractivity contribution < 1.29 is 19.8 Å². The summed E-state index contributed by atoms with van der Waals surface area (Å²) in [6.07, 6.45) is 1.43. The highest BCUT2D eigenvalue weighted by Gasteiger charge is 2.40. The van der Waals surface area contributed by atoms with E-state index in [4.69, 9.17) is 11.5 Å². The zero-order chi connectivity index (χ0) is 25.4. The molecule has 188 valence electrons. The lowest BCUT2D eigenvalue weighted by Gasteiger charge is -2.36. The highest BCUT2D eigenvalue weighted by atomic mass is 16.3. The van der Waals surface area contributed by atoms with E-state index in [0.717, 1.165) is 11.1 Å². The van der Waals surface area contributed by atoms with Crippen molar-refractivity contribution >= 4 is 17.8 Å². The molecule has 1 saturated heterocycles. The average Bonchev–Trinajstić information content (AvgIpc) is 2.83. The van der Waals surface area contributed by atoms with Gasteiger partial charge in [0, 0.05) is 13.0 Å². The second-order valence-corrected chi connectivity index (χ2v) is 8.98. The Labute approximate surface area is 204 Å². The number of carbonyl (C=O) groups is 2. The van der Waals surface area contributed by atoms with Crippen LogP contribution in [0.15, 0.2) is 59.6 Å². The molecule has 3 rings (SSSR count). The molecule has 9 N–H and O–H groups in total. The van der Waals surface area contributed by atoms with Crippen LogP contribution in [0.25, 0.3) is 0 Å². The van der Waals surface area contributed by atoms with E-state index in [-0.39, 0.29) is 24.0 Å². The standard InChI is InChI=1S/C25H34N6O4/c1-25(35)21(8-5-13-28-24(26)27)30-22(33)19(14-16-6-3-2-4-7-16)29-23(34)20(31-25)15-17-9-11-18(32)12-10-17/h2-4,6-7,9-12,19-21,31-32,35H,5,8,13-15H2,1H3,(H,29,34)(H,30,33)(H4,26,27,28). The average molecular weight is 483 g/mol. The Morgan fingerprint density at radius 2 is 1.54 bits per heavy atom. The quantitative estimate of drug-likeness (QED) is 0.156. The molecule has 2 amide bonds. The van der Waals surface area contributed by atoms with Crippen molar-refractivity contribution in [1.29, 1.82) is 0 Å². The first-order valence-corrected chi connectivity index (χ1v) is 11.6. The first-order valence-electron chi connectivity index (χ1n) is 11.6. The van der Waals surface area contributed by atoms with Crippen LogP contribution in [0.2, 0.25) is 0 Å². The van der Waals surface area contributed by atoms with E-state index in [1.807, 2.05) is 30.3 Å². The van der Waals surface area contributed by atoms with Crippen molar-refractivity contribution in [3.63, 3.8) is 0 Å². The minimum atomic E-state index is -1.60. The molecule has 2 aromatic carbocycles. The lowest BCUT2D eigenvalue weighted by Crippen LogP contribution is -2.62. The highest BCUT2D eigenvalue weighted by molar-refractivity contribution is 5.90. The predicted molar refractivity (Wildman–Crippen MR) is 133 cm³/mol. The minimum absolute atomic E-state index is 0.0277. The Bertz CT molecular complexity index is 1020. The number of guanidine groups is 1. The SMILES string of the molecule is CC1(O)NC(Cc2ccc(O)cc2)C(=O)NC(Cc2ccccc2)C(=O)NC1CCCN=C(N)N. The Morgan fingerprint density at radius 3 is 2.20 bits per heavy atom. The third-order valence-electron chi connectivity index (χ3n) is 6.02. The maximum absolute atomic E-state index is 13.3. The van der Waals surface area contributed by atoms with Crippen molar-refractivity contribution in [2.24, 2.45) is 16.5 Å². The van der Waals surface area contributed by atoms with E-state index in [1.165, 1.54) is 19.1 Å². The molecule has 1 aliphatic heterocycles. The molecule has 0 saturated carbocycles. The molecule has 0 bridgehead atoms. The van der Waals surface area contributed by atoms with E-state index < -0.39 is 29.8 Å². The van der Waals surface area contributed by atoms with Gasteiger partial charge in [0.15, 0.2) is 5.96 Å². The number of phenols is 1. The van der Waals surface area contributed by atoms with Crippen molar-refractivity contribution in [3.8, 4) is 5.75 Å². The van der Waals surface area contributed by atoms with Crippen LogP contribution in [0.5, 0.6) is 5.75 Å². The third-order valence-corrected chi connectivity index (χ3v) is 6.02. The first-order chi connectivity index (χ1) is 16.6. The topological polar surface area (TPSA) is 175 Å². The molecule has 1 heterocycles. The number of carbonyl (C=O) groups excluding carboxylic acids is 2. The van der Waals surface area contributed by atoms with E-state index in [2.05, 4.69) is 20.9 Å². The fraction of sp³-hybridized carbons (Fsp3) is 0.400. The molecule has 10 nitrogen and oxygen atoms in total. The van der Waals surface area contributed by atoms with E-state index in [9.17, 15) is 19.8 Å².